The van der Waals surface area contributed by atoms with Crippen molar-refractivity contribution in [2.45, 2.75) is 70.6 Å². The van der Waals surface area contributed by atoms with Crippen LogP contribution in [0.15, 0.2) is 9.95 Å². The van der Waals surface area contributed by atoms with Crippen molar-refractivity contribution in [2.24, 2.45) is 11.8 Å². The lowest BCUT2D eigenvalue weighted by molar-refractivity contribution is -0.119. The molecule has 146 valence electrons. The van der Waals surface area contributed by atoms with Gasteiger partial charge in [0.15, 0.2) is 5.16 Å². The zero-order valence-corrected chi connectivity index (χ0v) is 17.8. The third-order valence-electron chi connectivity index (χ3n) is 5.75. The molecule has 0 bridgehead atoms. The predicted octanol–water partition coefficient (Wildman–Crippen LogP) is 3.61. The van der Waals surface area contributed by atoms with E-state index in [0.717, 1.165) is 29.5 Å². The number of rotatable bonds is 6. The maximum absolute atomic E-state index is 13.1. The van der Waals surface area contributed by atoms with Gasteiger partial charge < -0.3 is 5.32 Å². The van der Waals surface area contributed by atoms with Gasteiger partial charge in [-0.1, -0.05) is 18.7 Å². The summed E-state index contributed by atoms with van der Waals surface area (Å²) < 4.78 is 1.73. The molecule has 27 heavy (non-hydrogen) atoms. The number of carbonyl (C=O) groups is 1. The van der Waals surface area contributed by atoms with Crippen LogP contribution in [0.4, 0.5) is 0 Å². The molecule has 5 nitrogen and oxygen atoms in total. The molecule has 0 spiro atoms. The average Bonchev–Trinajstić information content (AvgIpc) is 3.41. The first-order chi connectivity index (χ1) is 13.0. The third-order valence-corrected chi connectivity index (χ3v) is 7.87. The molecule has 0 unspecified atom stereocenters. The van der Waals surface area contributed by atoms with E-state index >= 15 is 0 Å². The summed E-state index contributed by atoms with van der Waals surface area (Å²) in [6, 6.07) is 0.243. The topological polar surface area (TPSA) is 64.0 Å². The van der Waals surface area contributed by atoms with Crippen LogP contribution in [0.25, 0.3) is 10.2 Å². The summed E-state index contributed by atoms with van der Waals surface area (Å²) in [5.74, 6) is 1.64. The Bertz CT molecular complexity index is 929. The fourth-order valence-corrected chi connectivity index (χ4v) is 6.23. The minimum Gasteiger partial charge on any atom is -0.353 e. The third kappa shape index (κ3) is 3.81. The second-order valence-electron chi connectivity index (χ2n) is 7.96. The smallest absolute Gasteiger partial charge is 0.263 e. The van der Waals surface area contributed by atoms with E-state index < -0.39 is 0 Å². The van der Waals surface area contributed by atoms with Crippen LogP contribution < -0.4 is 10.9 Å². The Morgan fingerprint density at radius 3 is 2.89 bits per heavy atom. The molecule has 0 aromatic carbocycles. The van der Waals surface area contributed by atoms with Gasteiger partial charge in [0.25, 0.3) is 5.56 Å². The summed E-state index contributed by atoms with van der Waals surface area (Å²) in [7, 11) is 0. The van der Waals surface area contributed by atoms with E-state index in [0.29, 0.717) is 29.3 Å². The minimum atomic E-state index is 0.0238. The highest BCUT2D eigenvalue weighted by Crippen LogP contribution is 2.36. The van der Waals surface area contributed by atoms with Gasteiger partial charge in [-0.2, -0.15) is 0 Å². The molecule has 2 aromatic rings. The van der Waals surface area contributed by atoms with Crippen molar-refractivity contribution in [1.29, 1.82) is 0 Å². The highest BCUT2D eigenvalue weighted by molar-refractivity contribution is 7.99. The molecule has 0 radical (unpaired) electrons. The molecule has 7 heteroatoms. The molecule has 1 N–H and O–H groups in total. The second kappa shape index (κ2) is 7.59. The zero-order valence-electron chi connectivity index (χ0n) is 16.2. The Morgan fingerprint density at radius 2 is 2.19 bits per heavy atom. The van der Waals surface area contributed by atoms with Gasteiger partial charge in [-0.3, -0.25) is 14.2 Å². The number of thiophene rings is 1. The number of nitrogens with one attached hydrogen (secondary N) is 1. The first kappa shape index (κ1) is 19.0. The SMILES string of the molecule is CCn1c(SCC(=O)N[C@H](C)C2CC2)nc2sc3c(c2c1=O)CC[C@@H](C)C3. The number of carbonyl (C=O) groups excluding carboxylic acids is 1. The van der Waals surface area contributed by atoms with Gasteiger partial charge in [0.05, 0.1) is 11.1 Å². The fourth-order valence-electron chi connectivity index (χ4n) is 3.93. The normalized spacial score (nSPS) is 20.5. The summed E-state index contributed by atoms with van der Waals surface area (Å²) in [6.07, 6.45) is 5.59. The standard InChI is InChI=1S/C20H27N3O2S2/c1-4-23-19(25)17-14-8-5-11(2)9-15(14)27-18(17)22-20(23)26-10-16(24)21-12(3)13-6-7-13/h11-13H,4-10H2,1-3H3,(H,21,24)/t11-,12-/m1/s1. The molecule has 2 aliphatic carbocycles. The van der Waals surface area contributed by atoms with Crippen LogP contribution in [0.1, 0.15) is 50.5 Å². The molecule has 0 saturated heterocycles. The molecule has 1 amide bonds. The summed E-state index contributed by atoms with van der Waals surface area (Å²) in [6.45, 7) is 6.89. The van der Waals surface area contributed by atoms with Crippen molar-refractivity contribution in [3.05, 3.63) is 20.8 Å². The molecule has 2 aliphatic rings. The van der Waals surface area contributed by atoms with Crippen LogP contribution in [-0.4, -0.2) is 27.3 Å². The van der Waals surface area contributed by atoms with Gasteiger partial charge in [-0.15, -0.1) is 11.3 Å². The molecule has 2 aromatic heterocycles. The Kier molecular flexibility index (Phi) is 5.34. The molecule has 1 saturated carbocycles. The Labute approximate surface area is 167 Å². The predicted molar refractivity (Wildman–Crippen MR) is 112 cm³/mol. The van der Waals surface area contributed by atoms with Crippen LogP contribution in [-0.2, 0) is 24.2 Å². The number of thioether (sulfide) groups is 1. The van der Waals surface area contributed by atoms with Crippen LogP contribution in [0.3, 0.4) is 0 Å². The molecule has 1 fully saturated rings. The summed E-state index contributed by atoms with van der Waals surface area (Å²) >= 11 is 3.05. The highest BCUT2D eigenvalue weighted by atomic mass is 32.2. The maximum atomic E-state index is 13.1. The van der Waals surface area contributed by atoms with Gasteiger partial charge in [0.1, 0.15) is 4.83 Å². The molecule has 4 rings (SSSR count). The molecule has 2 atom stereocenters. The molecule has 2 heterocycles. The zero-order chi connectivity index (χ0) is 19.1. The number of aromatic nitrogens is 2. The van der Waals surface area contributed by atoms with E-state index in [4.69, 9.17) is 4.98 Å². The quantitative estimate of drug-likeness (QED) is 0.589. The number of amides is 1. The van der Waals surface area contributed by atoms with Crippen molar-refractivity contribution in [3.63, 3.8) is 0 Å². The molecular weight excluding hydrogens is 378 g/mol. The van der Waals surface area contributed by atoms with Crippen LogP contribution >= 0.6 is 23.1 Å². The lowest BCUT2D eigenvalue weighted by Gasteiger charge is -2.17. The maximum Gasteiger partial charge on any atom is 0.263 e. The summed E-state index contributed by atoms with van der Waals surface area (Å²) in [5.41, 5.74) is 1.28. The summed E-state index contributed by atoms with van der Waals surface area (Å²) in [5, 5.41) is 4.56. The Morgan fingerprint density at radius 1 is 1.41 bits per heavy atom. The van der Waals surface area contributed by atoms with Crippen molar-refractivity contribution >= 4 is 39.2 Å². The number of fused-ring (bicyclic) bond motifs is 3. The van der Waals surface area contributed by atoms with Crippen molar-refractivity contribution in [2.75, 3.05) is 5.75 Å². The van der Waals surface area contributed by atoms with E-state index in [9.17, 15) is 9.59 Å². The lowest BCUT2D eigenvalue weighted by atomic mass is 9.89. The Hall–Kier alpha value is -1.34. The highest BCUT2D eigenvalue weighted by Gasteiger charge is 2.29. The van der Waals surface area contributed by atoms with E-state index in [1.807, 2.05) is 6.92 Å². The average molecular weight is 406 g/mol. The van der Waals surface area contributed by atoms with Crippen molar-refractivity contribution < 1.29 is 4.79 Å². The number of nitrogens with zero attached hydrogens (tertiary/aromatic N) is 2. The monoisotopic (exact) mass is 405 g/mol. The summed E-state index contributed by atoms with van der Waals surface area (Å²) in [4.78, 5) is 32.4. The number of hydrogen-bond acceptors (Lipinski definition) is 5. The first-order valence-corrected chi connectivity index (χ1v) is 11.7. The van der Waals surface area contributed by atoms with Crippen molar-refractivity contribution in [1.82, 2.24) is 14.9 Å². The van der Waals surface area contributed by atoms with E-state index in [1.54, 1.807) is 15.9 Å². The first-order valence-electron chi connectivity index (χ1n) is 9.95. The van der Waals surface area contributed by atoms with E-state index in [1.165, 1.54) is 35.0 Å². The van der Waals surface area contributed by atoms with Gasteiger partial charge in [-0.05, 0) is 63.4 Å². The van der Waals surface area contributed by atoms with Gasteiger partial charge in [0.2, 0.25) is 5.91 Å². The van der Waals surface area contributed by atoms with E-state index in [-0.39, 0.29) is 17.5 Å². The van der Waals surface area contributed by atoms with Gasteiger partial charge >= 0.3 is 0 Å². The van der Waals surface area contributed by atoms with Gasteiger partial charge in [-0.25, -0.2) is 4.98 Å². The van der Waals surface area contributed by atoms with Crippen LogP contribution in [0.5, 0.6) is 0 Å². The van der Waals surface area contributed by atoms with Crippen LogP contribution in [0, 0.1) is 11.8 Å². The van der Waals surface area contributed by atoms with Crippen LogP contribution in [0.2, 0.25) is 0 Å². The lowest BCUT2D eigenvalue weighted by Crippen LogP contribution is -2.35. The number of hydrogen-bond donors (Lipinski definition) is 1. The van der Waals surface area contributed by atoms with E-state index in [2.05, 4.69) is 19.2 Å². The number of aryl methyl sites for hydroxylation is 1. The second-order valence-corrected chi connectivity index (χ2v) is 9.98. The minimum absolute atomic E-state index is 0.0238. The van der Waals surface area contributed by atoms with Gasteiger partial charge in [0, 0.05) is 17.5 Å². The molecular formula is C20H27N3O2S2. The molecule has 0 aliphatic heterocycles. The Balaban J connectivity index is 1.58. The van der Waals surface area contributed by atoms with Crippen molar-refractivity contribution in [3.8, 4) is 0 Å². The largest absolute Gasteiger partial charge is 0.353 e. The fraction of sp³-hybridized carbons (Fsp3) is 0.650.